The van der Waals surface area contributed by atoms with Gasteiger partial charge in [-0.1, -0.05) is 36.9 Å². The lowest BCUT2D eigenvalue weighted by Crippen LogP contribution is -2.29. The van der Waals surface area contributed by atoms with E-state index in [-0.39, 0.29) is 16.7 Å². The first-order chi connectivity index (χ1) is 7.66. The number of fused-ring (bicyclic) bond motifs is 1. The van der Waals surface area contributed by atoms with Crippen LogP contribution in [0.25, 0.3) is 0 Å². The highest BCUT2D eigenvalue weighted by Crippen LogP contribution is 2.22. The molecule has 0 atom stereocenters. The van der Waals surface area contributed by atoms with Crippen LogP contribution in [0.15, 0.2) is 48.6 Å². The summed E-state index contributed by atoms with van der Waals surface area (Å²) in [5, 5.41) is 0. The summed E-state index contributed by atoms with van der Waals surface area (Å²) in [5.41, 5.74) is 0.345. The van der Waals surface area contributed by atoms with Gasteiger partial charge in [-0.15, -0.1) is 0 Å². The van der Waals surface area contributed by atoms with E-state index in [1.54, 1.807) is 18.2 Å². The normalized spacial score (nSPS) is 17.5. The first-order valence-electron chi connectivity index (χ1n) is 4.72. The largest absolute Gasteiger partial charge is 0.288 e. The molecule has 1 aromatic rings. The smallest absolute Gasteiger partial charge is 0.237 e. The third kappa shape index (κ3) is 1.34. The molecule has 0 saturated carbocycles. The van der Waals surface area contributed by atoms with E-state index >= 15 is 0 Å². The average molecular weight is 212 g/mol. The Balaban J connectivity index is 2.70. The first-order valence-corrected chi connectivity index (χ1v) is 4.72. The van der Waals surface area contributed by atoms with Crippen LogP contribution in [0.2, 0.25) is 0 Å². The lowest BCUT2D eigenvalue weighted by Gasteiger charge is -2.14. The maximum Gasteiger partial charge on any atom is 0.237 e. The molecule has 0 radical (unpaired) electrons. The molecule has 2 rings (SSSR count). The van der Waals surface area contributed by atoms with Crippen LogP contribution in [0.3, 0.4) is 0 Å². The third-order valence-electron chi connectivity index (χ3n) is 2.40. The molecule has 0 saturated heterocycles. The molecule has 3 nitrogen and oxygen atoms in total. The van der Waals surface area contributed by atoms with Crippen molar-refractivity contribution in [2.24, 2.45) is 0 Å². The summed E-state index contributed by atoms with van der Waals surface area (Å²) in [5.74, 6) is -1.81. The Labute approximate surface area is 92.1 Å². The molecular weight excluding hydrogens is 204 g/mol. The Kier molecular flexibility index (Phi) is 2.37. The van der Waals surface area contributed by atoms with Crippen LogP contribution in [-0.4, -0.2) is 17.3 Å². The second-order valence-corrected chi connectivity index (χ2v) is 3.35. The van der Waals surface area contributed by atoms with Crippen LogP contribution in [-0.2, 0) is 4.79 Å². The first kappa shape index (κ1) is 10.2. The van der Waals surface area contributed by atoms with Gasteiger partial charge in [0.25, 0.3) is 0 Å². The third-order valence-corrected chi connectivity index (χ3v) is 2.40. The van der Waals surface area contributed by atoms with Gasteiger partial charge in [0.15, 0.2) is 5.78 Å². The highest BCUT2D eigenvalue weighted by atomic mass is 16.2. The van der Waals surface area contributed by atoms with Gasteiger partial charge in [0.2, 0.25) is 11.6 Å². The Morgan fingerprint density at radius 3 is 2.00 bits per heavy atom. The molecule has 0 spiro atoms. The summed E-state index contributed by atoms with van der Waals surface area (Å²) in [4.78, 5) is 35.1. The van der Waals surface area contributed by atoms with E-state index in [0.29, 0.717) is 0 Å². The number of ketones is 3. The summed E-state index contributed by atoms with van der Waals surface area (Å²) in [7, 11) is 0. The standard InChI is InChI=1S/C13H8O3/c1-2-5-10-11(14)8-6-3-4-7-9(8)12(15)13(10)16/h2-7H,1H2/b10-5-. The minimum atomic E-state index is -0.761. The SMILES string of the molecule is C=C/C=C1\C(=O)C(=O)c2ccccc2C1=O. The zero-order valence-corrected chi connectivity index (χ0v) is 8.40. The zero-order valence-electron chi connectivity index (χ0n) is 8.40. The lowest BCUT2D eigenvalue weighted by molar-refractivity contribution is -0.111. The quantitative estimate of drug-likeness (QED) is 0.405. The number of allylic oxidation sites excluding steroid dienone is 3. The van der Waals surface area contributed by atoms with E-state index < -0.39 is 17.3 Å². The summed E-state index contributed by atoms with van der Waals surface area (Å²) >= 11 is 0. The average Bonchev–Trinajstić information content (AvgIpc) is 2.32. The van der Waals surface area contributed by atoms with Crippen molar-refractivity contribution >= 4 is 17.3 Å². The van der Waals surface area contributed by atoms with Crippen LogP contribution in [0.4, 0.5) is 0 Å². The molecule has 0 bridgehead atoms. The van der Waals surface area contributed by atoms with Gasteiger partial charge >= 0.3 is 0 Å². The van der Waals surface area contributed by atoms with Crippen LogP contribution in [0.5, 0.6) is 0 Å². The van der Waals surface area contributed by atoms with Crippen LogP contribution in [0, 0.1) is 0 Å². The van der Waals surface area contributed by atoms with Gasteiger partial charge in [0.05, 0.1) is 5.57 Å². The van der Waals surface area contributed by atoms with Crippen LogP contribution >= 0.6 is 0 Å². The Bertz CT molecular complexity index is 550. The van der Waals surface area contributed by atoms with Gasteiger partial charge < -0.3 is 0 Å². The molecule has 3 heteroatoms. The number of Topliss-reactive ketones (excluding diaryl/α,β-unsaturated/α-hetero) is 3. The molecule has 0 aromatic heterocycles. The van der Waals surface area contributed by atoms with E-state index in [1.165, 1.54) is 18.2 Å². The molecule has 78 valence electrons. The topological polar surface area (TPSA) is 51.2 Å². The Morgan fingerprint density at radius 2 is 1.44 bits per heavy atom. The van der Waals surface area contributed by atoms with Gasteiger partial charge in [-0.05, 0) is 6.08 Å². The number of carbonyl (C=O) groups is 3. The minimum absolute atomic E-state index is 0.112. The van der Waals surface area contributed by atoms with Crippen LogP contribution < -0.4 is 0 Å². The number of rotatable bonds is 1. The Hall–Kier alpha value is -2.29. The molecule has 0 N–H and O–H groups in total. The minimum Gasteiger partial charge on any atom is -0.288 e. The Morgan fingerprint density at radius 1 is 0.875 bits per heavy atom. The van der Waals surface area contributed by atoms with E-state index in [2.05, 4.69) is 6.58 Å². The van der Waals surface area contributed by atoms with Gasteiger partial charge in [-0.2, -0.15) is 0 Å². The molecule has 0 amide bonds. The van der Waals surface area contributed by atoms with Gasteiger partial charge in [0.1, 0.15) is 0 Å². The van der Waals surface area contributed by atoms with Crippen molar-refractivity contribution in [2.45, 2.75) is 0 Å². The van der Waals surface area contributed by atoms with E-state index in [9.17, 15) is 14.4 Å². The van der Waals surface area contributed by atoms with E-state index in [0.717, 1.165) is 0 Å². The molecule has 0 unspecified atom stereocenters. The summed E-state index contributed by atoms with van der Waals surface area (Å²) in [6.07, 6.45) is 2.60. The molecule has 1 aliphatic carbocycles. The fourth-order valence-electron chi connectivity index (χ4n) is 1.64. The fourth-order valence-corrected chi connectivity index (χ4v) is 1.64. The van der Waals surface area contributed by atoms with Crippen LogP contribution in [0.1, 0.15) is 20.7 Å². The second kappa shape index (κ2) is 3.70. The van der Waals surface area contributed by atoms with Crippen molar-refractivity contribution in [1.82, 2.24) is 0 Å². The molecular formula is C13H8O3. The highest BCUT2D eigenvalue weighted by molar-refractivity contribution is 6.59. The maximum absolute atomic E-state index is 11.9. The summed E-state index contributed by atoms with van der Waals surface area (Å²) in [6, 6.07) is 6.31. The number of carbonyl (C=O) groups excluding carboxylic acids is 3. The second-order valence-electron chi connectivity index (χ2n) is 3.35. The van der Waals surface area contributed by atoms with Gasteiger partial charge in [-0.3, -0.25) is 14.4 Å². The fraction of sp³-hybridized carbons (Fsp3) is 0. The van der Waals surface area contributed by atoms with Crippen molar-refractivity contribution in [2.75, 3.05) is 0 Å². The van der Waals surface area contributed by atoms with Crippen molar-refractivity contribution in [3.8, 4) is 0 Å². The predicted octanol–water partition coefficient (Wildman–Crippen LogP) is 1.75. The van der Waals surface area contributed by atoms with Crippen molar-refractivity contribution < 1.29 is 14.4 Å². The number of hydrogen-bond acceptors (Lipinski definition) is 3. The van der Waals surface area contributed by atoms with Gasteiger partial charge in [0, 0.05) is 11.1 Å². The van der Waals surface area contributed by atoms with E-state index in [1.807, 2.05) is 0 Å². The molecule has 16 heavy (non-hydrogen) atoms. The van der Waals surface area contributed by atoms with E-state index in [4.69, 9.17) is 0 Å². The van der Waals surface area contributed by atoms with Gasteiger partial charge in [-0.25, -0.2) is 0 Å². The molecule has 1 aliphatic rings. The number of benzene rings is 1. The highest BCUT2D eigenvalue weighted by Gasteiger charge is 2.34. The molecule has 0 fully saturated rings. The zero-order chi connectivity index (χ0) is 11.7. The molecule has 1 aromatic carbocycles. The predicted molar refractivity (Wildman–Crippen MR) is 58.4 cm³/mol. The van der Waals surface area contributed by atoms with Crippen molar-refractivity contribution in [1.29, 1.82) is 0 Å². The maximum atomic E-state index is 11.9. The number of hydrogen-bond donors (Lipinski definition) is 0. The summed E-state index contributed by atoms with van der Waals surface area (Å²) in [6.45, 7) is 3.41. The monoisotopic (exact) mass is 212 g/mol. The van der Waals surface area contributed by atoms with Crippen molar-refractivity contribution in [3.05, 3.63) is 59.7 Å². The molecule has 0 heterocycles. The summed E-state index contributed by atoms with van der Waals surface area (Å²) < 4.78 is 0. The lowest BCUT2D eigenvalue weighted by atomic mass is 9.85. The van der Waals surface area contributed by atoms with Crippen molar-refractivity contribution in [3.63, 3.8) is 0 Å². The molecule has 0 aliphatic heterocycles.